The molecular formula is C14H13NO2. The summed E-state index contributed by atoms with van der Waals surface area (Å²) in [6.07, 6.45) is 0. The van der Waals surface area contributed by atoms with E-state index in [0.717, 1.165) is 16.7 Å². The zero-order valence-corrected chi connectivity index (χ0v) is 9.26. The van der Waals surface area contributed by atoms with Crippen LogP contribution in [0.2, 0.25) is 0 Å². The number of hydrogen-bond acceptors (Lipinski definition) is 2. The molecule has 2 rings (SSSR count). The van der Waals surface area contributed by atoms with Crippen LogP contribution in [0.3, 0.4) is 0 Å². The first-order valence-electron chi connectivity index (χ1n) is 5.31. The van der Waals surface area contributed by atoms with E-state index in [0.29, 0.717) is 5.56 Å². The number of aliphatic hydroxyl groups is 1. The van der Waals surface area contributed by atoms with Crippen molar-refractivity contribution < 1.29 is 9.90 Å². The van der Waals surface area contributed by atoms with Gasteiger partial charge in [0, 0.05) is 5.56 Å². The molecule has 0 atom stereocenters. The zero-order chi connectivity index (χ0) is 12.3. The molecule has 0 fully saturated rings. The maximum atomic E-state index is 11.1. The molecule has 0 aliphatic heterocycles. The summed E-state index contributed by atoms with van der Waals surface area (Å²) in [4.78, 5) is 11.1. The summed E-state index contributed by atoms with van der Waals surface area (Å²) in [6, 6.07) is 14.7. The molecule has 3 N–H and O–H groups in total. The molecule has 2 aromatic rings. The van der Waals surface area contributed by atoms with Crippen molar-refractivity contribution in [1.29, 1.82) is 0 Å². The topological polar surface area (TPSA) is 63.3 Å². The maximum Gasteiger partial charge on any atom is 0.248 e. The lowest BCUT2D eigenvalue weighted by Gasteiger charge is -2.04. The minimum absolute atomic E-state index is 0.0294. The summed E-state index contributed by atoms with van der Waals surface area (Å²) in [7, 11) is 0. The molecule has 0 saturated heterocycles. The Hall–Kier alpha value is -2.13. The van der Waals surface area contributed by atoms with E-state index in [1.165, 1.54) is 0 Å². The first kappa shape index (κ1) is 11.4. The molecule has 0 heterocycles. The number of carbonyl (C=O) groups excluding carboxylic acids is 1. The Bertz CT molecular complexity index is 532. The summed E-state index contributed by atoms with van der Waals surface area (Å²) in [5, 5.41) is 8.95. The van der Waals surface area contributed by atoms with E-state index in [2.05, 4.69) is 0 Å². The number of primary amides is 1. The molecule has 0 aromatic heterocycles. The van der Waals surface area contributed by atoms with Gasteiger partial charge in [-0.05, 0) is 28.8 Å². The molecule has 2 aromatic carbocycles. The smallest absolute Gasteiger partial charge is 0.248 e. The van der Waals surface area contributed by atoms with E-state index in [-0.39, 0.29) is 6.61 Å². The van der Waals surface area contributed by atoms with E-state index >= 15 is 0 Å². The van der Waals surface area contributed by atoms with Crippen molar-refractivity contribution in [3.8, 4) is 11.1 Å². The molecule has 17 heavy (non-hydrogen) atoms. The quantitative estimate of drug-likeness (QED) is 0.841. The fraction of sp³-hybridized carbons (Fsp3) is 0.0714. The van der Waals surface area contributed by atoms with Gasteiger partial charge in [-0.1, -0.05) is 36.4 Å². The van der Waals surface area contributed by atoms with Crippen molar-refractivity contribution in [2.45, 2.75) is 6.61 Å². The van der Waals surface area contributed by atoms with Gasteiger partial charge in [0.1, 0.15) is 0 Å². The van der Waals surface area contributed by atoms with Crippen LogP contribution in [0.4, 0.5) is 0 Å². The fourth-order valence-electron chi connectivity index (χ4n) is 1.65. The second kappa shape index (κ2) is 4.80. The highest BCUT2D eigenvalue weighted by Gasteiger charge is 2.03. The molecule has 0 radical (unpaired) electrons. The van der Waals surface area contributed by atoms with Gasteiger partial charge in [-0.2, -0.15) is 0 Å². The Labute approximate surface area is 99.5 Å². The minimum Gasteiger partial charge on any atom is -0.392 e. The van der Waals surface area contributed by atoms with Gasteiger partial charge in [-0.3, -0.25) is 4.79 Å². The van der Waals surface area contributed by atoms with Crippen LogP contribution < -0.4 is 5.73 Å². The molecule has 3 heteroatoms. The van der Waals surface area contributed by atoms with Crippen LogP contribution in [0.1, 0.15) is 15.9 Å². The average Bonchev–Trinajstić information content (AvgIpc) is 2.39. The molecule has 3 nitrogen and oxygen atoms in total. The van der Waals surface area contributed by atoms with Crippen LogP contribution in [0.25, 0.3) is 11.1 Å². The summed E-state index contributed by atoms with van der Waals surface area (Å²) in [6.45, 7) is 0.0294. The van der Waals surface area contributed by atoms with Gasteiger partial charge >= 0.3 is 0 Å². The van der Waals surface area contributed by atoms with E-state index in [9.17, 15) is 4.79 Å². The number of amides is 1. The van der Waals surface area contributed by atoms with Gasteiger partial charge in [0.2, 0.25) is 5.91 Å². The second-order valence-corrected chi connectivity index (χ2v) is 3.80. The third kappa shape index (κ3) is 2.52. The van der Waals surface area contributed by atoms with Crippen molar-refractivity contribution in [2.24, 2.45) is 5.73 Å². The molecule has 1 amide bonds. The summed E-state index contributed by atoms with van der Waals surface area (Å²) in [5.74, 6) is -0.432. The third-order valence-electron chi connectivity index (χ3n) is 2.62. The summed E-state index contributed by atoms with van der Waals surface area (Å²) in [5.41, 5.74) is 8.52. The lowest BCUT2D eigenvalue weighted by molar-refractivity contribution is 0.100. The third-order valence-corrected chi connectivity index (χ3v) is 2.62. The largest absolute Gasteiger partial charge is 0.392 e. The standard InChI is InChI=1S/C14H13NO2/c15-14(17)13-3-1-2-12(8-13)11-6-4-10(9-16)5-7-11/h1-8,16H,9H2,(H2,15,17). The van der Waals surface area contributed by atoms with Gasteiger partial charge in [0.25, 0.3) is 0 Å². The van der Waals surface area contributed by atoms with Crippen molar-refractivity contribution in [3.05, 3.63) is 59.7 Å². The van der Waals surface area contributed by atoms with Crippen molar-refractivity contribution in [1.82, 2.24) is 0 Å². The number of nitrogens with two attached hydrogens (primary N) is 1. The highest BCUT2D eigenvalue weighted by molar-refractivity contribution is 5.94. The molecule has 0 saturated carbocycles. The van der Waals surface area contributed by atoms with Gasteiger partial charge in [0.05, 0.1) is 6.61 Å². The first-order chi connectivity index (χ1) is 8.20. The normalized spacial score (nSPS) is 10.2. The Morgan fingerprint density at radius 2 is 1.76 bits per heavy atom. The number of benzene rings is 2. The number of carbonyl (C=O) groups is 1. The SMILES string of the molecule is NC(=O)c1cccc(-c2ccc(CO)cc2)c1. The Kier molecular flexibility index (Phi) is 3.21. The van der Waals surface area contributed by atoms with Gasteiger partial charge < -0.3 is 10.8 Å². The predicted molar refractivity (Wildman–Crippen MR) is 66.3 cm³/mol. The van der Waals surface area contributed by atoms with Crippen LogP contribution in [-0.4, -0.2) is 11.0 Å². The van der Waals surface area contributed by atoms with Crippen LogP contribution in [0, 0.1) is 0 Å². The minimum atomic E-state index is -0.432. The monoisotopic (exact) mass is 227 g/mol. The van der Waals surface area contributed by atoms with E-state index in [1.807, 2.05) is 30.3 Å². The van der Waals surface area contributed by atoms with Crippen LogP contribution in [-0.2, 0) is 6.61 Å². The fourth-order valence-corrected chi connectivity index (χ4v) is 1.65. The highest BCUT2D eigenvalue weighted by Crippen LogP contribution is 2.20. The van der Waals surface area contributed by atoms with Crippen LogP contribution in [0.5, 0.6) is 0 Å². The van der Waals surface area contributed by atoms with Gasteiger partial charge in [-0.25, -0.2) is 0 Å². The molecule has 86 valence electrons. The predicted octanol–water partition coefficient (Wildman–Crippen LogP) is 1.94. The number of aliphatic hydroxyl groups excluding tert-OH is 1. The Morgan fingerprint density at radius 1 is 1.06 bits per heavy atom. The van der Waals surface area contributed by atoms with Gasteiger partial charge in [-0.15, -0.1) is 0 Å². The molecular weight excluding hydrogens is 214 g/mol. The molecule has 0 spiro atoms. The maximum absolute atomic E-state index is 11.1. The zero-order valence-electron chi connectivity index (χ0n) is 9.26. The van der Waals surface area contributed by atoms with Crippen molar-refractivity contribution in [2.75, 3.05) is 0 Å². The average molecular weight is 227 g/mol. The van der Waals surface area contributed by atoms with E-state index in [1.54, 1.807) is 18.2 Å². The molecule has 0 bridgehead atoms. The summed E-state index contributed by atoms with van der Waals surface area (Å²) >= 11 is 0. The second-order valence-electron chi connectivity index (χ2n) is 3.80. The van der Waals surface area contributed by atoms with Crippen LogP contribution >= 0.6 is 0 Å². The van der Waals surface area contributed by atoms with Crippen molar-refractivity contribution in [3.63, 3.8) is 0 Å². The van der Waals surface area contributed by atoms with Crippen LogP contribution in [0.15, 0.2) is 48.5 Å². The first-order valence-corrected chi connectivity index (χ1v) is 5.31. The lowest BCUT2D eigenvalue weighted by atomic mass is 10.0. The summed E-state index contributed by atoms with van der Waals surface area (Å²) < 4.78 is 0. The van der Waals surface area contributed by atoms with Gasteiger partial charge in [0.15, 0.2) is 0 Å². The van der Waals surface area contributed by atoms with E-state index in [4.69, 9.17) is 10.8 Å². The number of hydrogen-bond donors (Lipinski definition) is 2. The van der Waals surface area contributed by atoms with Crippen molar-refractivity contribution >= 4 is 5.91 Å². The number of rotatable bonds is 3. The lowest BCUT2D eigenvalue weighted by Crippen LogP contribution is -2.10. The molecule has 0 aliphatic rings. The molecule has 0 aliphatic carbocycles. The Morgan fingerprint density at radius 3 is 2.35 bits per heavy atom. The van der Waals surface area contributed by atoms with E-state index < -0.39 is 5.91 Å². The highest BCUT2D eigenvalue weighted by atomic mass is 16.3. The Balaban J connectivity index is 2.38. The molecule has 0 unspecified atom stereocenters.